The number of hydrogen-bond donors (Lipinski definition) is 3. The fraction of sp³-hybridized carbons (Fsp3) is 0.600. The van der Waals surface area contributed by atoms with Crippen LogP contribution in [0.25, 0.3) is 0 Å². The number of rotatable bonds is 6. The number of carboxylic acid groups (broad SMARTS) is 1. The topological polar surface area (TPSA) is 87.7 Å². The van der Waals surface area contributed by atoms with E-state index in [1.54, 1.807) is 0 Å². The number of carbonyl (C=O) groups is 2. The zero-order valence-electron chi connectivity index (χ0n) is 8.94. The molecule has 1 aliphatic rings. The van der Waals surface area contributed by atoms with Gasteiger partial charge in [0.25, 0.3) is 0 Å². The van der Waals surface area contributed by atoms with Crippen LogP contribution in [0.15, 0.2) is 12.7 Å². The predicted octanol–water partition coefficient (Wildman–Crippen LogP) is -0.880. The van der Waals surface area contributed by atoms with Crippen LogP contribution in [0.4, 0.5) is 0 Å². The molecular weight excluding hydrogens is 212 g/mol. The van der Waals surface area contributed by atoms with Crippen LogP contribution in [0.2, 0.25) is 0 Å². The molecule has 1 rings (SSSR count). The number of carboxylic acids is 1. The van der Waals surface area contributed by atoms with Gasteiger partial charge in [0.2, 0.25) is 0 Å². The van der Waals surface area contributed by atoms with Gasteiger partial charge in [-0.15, -0.1) is 0 Å². The standard InChI is InChI=1S/C10H16N2O4/c1-2-3-16-9(13)6-11-7-4-8(10(14)15)12-5-7/h2,7-8,11-12H,1,3-6H2,(H,14,15). The van der Waals surface area contributed by atoms with Crippen molar-refractivity contribution in [1.82, 2.24) is 10.6 Å². The molecule has 6 heteroatoms. The molecule has 0 aromatic rings. The lowest BCUT2D eigenvalue weighted by molar-refractivity contribution is -0.141. The van der Waals surface area contributed by atoms with Crippen molar-refractivity contribution in [1.29, 1.82) is 0 Å². The second-order valence-corrected chi connectivity index (χ2v) is 3.58. The molecule has 1 fully saturated rings. The molecule has 6 nitrogen and oxygen atoms in total. The monoisotopic (exact) mass is 228 g/mol. The van der Waals surface area contributed by atoms with E-state index in [1.165, 1.54) is 6.08 Å². The molecule has 0 aromatic heterocycles. The first-order chi connectivity index (χ1) is 7.63. The van der Waals surface area contributed by atoms with E-state index in [9.17, 15) is 9.59 Å². The van der Waals surface area contributed by atoms with E-state index in [1.807, 2.05) is 0 Å². The third-order valence-electron chi connectivity index (χ3n) is 2.33. The first kappa shape index (κ1) is 12.7. The molecular formula is C10H16N2O4. The molecule has 0 amide bonds. The molecule has 1 heterocycles. The second kappa shape index (κ2) is 6.24. The SMILES string of the molecule is C=CCOC(=O)CNC1CNC(C(=O)O)C1. The summed E-state index contributed by atoms with van der Waals surface area (Å²) in [5.74, 6) is -1.22. The quantitative estimate of drug-likeness (QED) is 0.404. The highest BCUT2D eigenvalue weighted by Crippen LogP contribution is 2.06. The van der Waals surface area contributed by atoms with Crippen molar-refractivity contribution in [3.05, 3.63) is 12.7 Å². The molecule has 0 bridgehead atoms. The van der Waals surface area contributed by atoms with Gasteiger partial charge in [0.05, 0.1) is 6.54 Å². The number of nitrogens with one attached hydrogen (secondary N) is 2. The summed E-state index contributed by atoms with van der Waals surface area (Å²) in [6.07, 6.45) is 1.97. The lowest BCUT2D eigenvalue weighted by atomic mass is 10.2. The molecule has 2 unspecified atom stereocenters. The van der Waals surface area contributed by atoms with Crippen LogP contribution in [0.5, 0.6) is 0 Å². The van der Waals surface area contributed by atoms with Crippen LogP contribution in [0.3, 0.4) is 0 Å². The first-order valence-electron chi connectivity index (χ1n) is 5.09. The van der Waals surface area contributed by atoms with Gasteiger partial charge in [-0.3, -0.25) is 9.59 Å². The van der Waals surface area contributed by atoms with Crippen molar-refractivity contribution in [3.63, 3.8) is 0 Å². The zero-order chi connectivity index (χ0) is 12.0. The smallest absolute Gasteiger partial charge is 0.320 e. The van der Waals surface area contributed by atoms with Crippen molar-refractivity contribution in [3.8, 4) is 0 Å². The van der Waals surface area contributed by atoms with Crippen LogP contribution >= 0.6 is 0 Å². The number of ether oxygens (including phenoxy) is 1. The minimum absolute atomic E-state index is 0.00242. The van der Waals surface area contributed by atoms with Gasteiger partial charge < -0.3 is 20.5 Å². The van der Waals surface area contributed by atoms with E-state index < -0.39 is 12.0 Å². The Morgan fingerprint density at radius 1 is 1.62 bits per heavy atom. The van der Waals surface area contributed by atoms with Crippen molar-refractivity contribution < 1.29 is 19.4 Å². The average molecular weight is 228 g/mol. The zero-order valence-corrected chi connectivity index (χ0v) is 8.94. The van der Waals surface area contributed by atoms with E-state index in [4.69, 9.17) is 9.84 Å². The lowest BCUT2D eigenvalue weighted by Crippen LogP contribution is -2.35. The van der Waals surface area contributed by atoms with Crippen molar-refractivity contribution in [2.45, 2.75) is 18.5 Å². The Balaban J connectivity index is 2.17. The van der Waals surface area contributed by atoms with E-state index >= 15 is 0 Å². The largest absolute Gasteiger partial charge is 0.480 e. The van der Waals surface area contributed by atoms with Gasteiger partial charge in [-0.05, 0) is 6.42 Å². The van der Waals surface area contributed by atoms with Crippen LogP contribution < -0.4 is 10.6 Å². The Kier molecular flexibility index (Phi) is 4.94. The predicted molar refractivity (Wildman–Crippen MR) is 57.0 cm³/mol. The third-order valence-corrected chi connectivity index (χ3v) is 2.33. The van der Waals surface area contributed by atoms with Crippen LogP contribution in [0.1, 0.15) is 6.42 Å². The number of esters is 1. The molecule has 1 saturated heterocycles. The summed E-state index contributed by atoms with van der Waals surface area (Å²) in [5, 5.41) is 14.5. The molecule has 1 aliphatic heterocycles. The Morgan fingerprint density at radius 2 is 2.38 bits per heavy atom. The summed E-state index contributed by atoms with van der Waals surface area (Å²) in [5.41, 5.74) is 0. The second-order valence-electron chi connectivity index (χ2n) is 3.58. The van der Waals surface area contributed by atoms with Crippen LogP contribution in [0, 0.1) is 0 Å². The summed E-state index contributed by atoms with van der Waals surface area (Å²) in [6.45, 7) is 4.26. The molecule has 16 heavy (non-hydrogen) atoms. The molecule has 0 saturated carbocycles. The maximum Gasteiger partial charge on any atom is 0.320 e. The molecule has 3 N–H and O–H groups in total. The minimum Gasteiger partial charge on any atom is -0.480 e. The van der Waals surface area contributed by atoms with Crippen molar-refractivity contribution in [2.24, 2.45) is 0 Å². The molecule has 0 radical (unpaired) electrons. The highest BCUT2D eigenvalue weighted by atomic mass is 16.5. The molecule has 2 atom stereocenters. The molecule has 90 valence electrons. The first-order valence-corrected chi connectivity index (χ1v) is 5.09. The highest BCUT2D eigenvalue weighted by molar-refractivity contribution is 5.74. The van der Waals surface area contributed by atoms with Crippen LogP contribution in [-0.2, 0) is 14.3 Å². The number of carbonyl (C=O) groups excluding carboxylic acids is 1. The average Bonchev–Trinajstić information content (AvgIpc) is 2.72. The van der Waals surface area contributed by atoms with Gasteiger partial charge in [-0.2, -0.15) is 0 Å². The fourth-order valence-corrected chi connectivity index (χ4v) is 1.51. The molecule has 0 spiro atoms. The van der Waals surface area contributed by atoms with E-state index in [0.717, 1.165) is 0 Å². The number of hydrogen-bond acceptors (Lipinski definition) is 5. The summed E-state index contributed by atoms with van der Waals surface area (Å²) < 4.78 is 4.77. The maximum absolute atomic E-state index is 11.1. The minimum atomic E-state index is -0.862. The third kappa shape index (κ3) is 4.00. The van der Waals surface area contributed by atoms with Gasteiger partial charge in [0.1, 0.15) is 12.6 Å². The highest BCUT2D eigenvalue weighted by Gasteiger charge is 2.28. The fourth-order valence-electron chi connectivity index (χ4n) is 1.51. The van der Waals surface area contributed by atoms with Crippen LogP contribution in [-0.4, -0.2) is 48.8 Å². The van der Waals surface area contributed by atoms with E-state index in [-0.39, 0.29) is 25.2 Å². The molecule has 0 aromatic carbocycles. The van der Waals surface area contributed by atoms with Gasteiger partial charge in [-0.25, -0.2) is 0 Å². The van der Waals surface area contributed by atoms with Gasteiger partial charge in [0, 0.05) is 12.6 Å². The summed E-state index contributed by atoms with van der Waals surface area (Å²) in [6, 6.07) is -0.529. The van der Waals surface area contributed by atoms with Gasteiger partial charge >= 0.3 is 11.9 Å². The number of aliphatic carboxylic acids is 1. The van der Waals surface area contributed by atoms with Gasteiger partial charge in [-0.1, -0.05) is 12.7 Å². The van der Waals surface area contributed by atoms with Crippen molar-refractivity contribution in [2.75, 3.05) is 19.7 Å². The lowest BCUT2D eigenvalue weighted by Gasteiger charge is -2.10. The van der Waals surface area contributed by atoms with Gasteiger partial charge in [0.15, 0.2) is 0 Å². The normalized spacial score (nSPS) is 24.0. The summed E-state index contributed by atoms with van der Waals surface area (Å²) in [7, 11) is 0. The summed E-state index contributed by atoms with van der Waals surface area (Å²) >= 11 is 0. The Hall–Kier alpha value is -1.40. The molecule has 0 aliphatic carbocycles. The Labute approximate surface area is 93.7 Å². The van der Waals surface area contributed by atoms with Crippen molar-refractivity contribution >= 4 is 11.9 Å². The van der Waals surface area contributed by atoms with E-state index in [2.05, 4.69) is 17.2 Å². The maximum atomic E-state index is 11.1. The Bertz CT molecular complexity index is 280. The Morgan fingerprint density at radius 3 is 2.94 bits per heavy atom. The van der Waals surface area contributed by atoms with E-state index in [0.29, 0.717) is 13.0 Å². The summed E-state index contributed by atoms with van der Waals surface area (Å²) in [4.78, 5) is 21.7.